The lowest BCUT2D eigenvalue weighted by Gasteiger charge is -2.22. The van der Waals surface area contributed by atoms with Crippen molar-refractivity contribution in [2.24, 2.45) is 0 Å². The minimum absolute atomic E-state index is 0.0489. The van der Waals surface area contributed by atoms with Gasteiger partial charge in [0.2, 0.25) is 0 Å². The van der Waals surface area contributed by atoms with Gasteiger partial charge in [-0.15, -0.1) is 0 Å². The Balaban J connectivity index is 1.50. The van der Waals surface area contributed by atoms with Crippen LogP contribution >= 0.6 is 0 Å². The van der Waals surface area contributed by atoms with Crippen LogP contribution in [0.15, 0.2) is 133 Å². The monoisotopic (exact) mass is 465 g/mol. The summed E-state index contributed by atoms with van der Waals surface area (Å²) in [6.07, 6.45) is 0. The number of phenolic OH excluding ortho intramolecular Hbond substituents is 1. The molecular formula is C34H27NO. The number of nitrogens with one attached hydrogen (secondary N) is 1. The predicted molar refractivity (Wildman–Crippen MR) is 150 cm³/mol. The third-order valence-corrected chi connectivity index (χ3v) is 6.93. The summed E-state index contributed by atoms with van der Waals surface area (Å²) in [5.74, 6) is 0.300. The number of phenols is 1. The Labute approximate surface area is 211 Å². The van der Waals surface area contributed by atoms with Crippen molar-refractivity contribution in [3.8, 4) is 16.9 Å². The highest BCUT2D eigenvalue weighted by atomic mass is 16.3. The molecule has 0 aliphatic rings. The highest BCUT2D eigenvalue weighted by molar-refractivity contribution is 6.08. The first-order valence-electron chi connectivity index (χ1n) is 12.3. The minimum atomic E-state index is 0.0489. The van der Waals surface area contributed by atoms with Crippen LogP contribution < -0.4 is 5.32 Å². The summed E-state index contributed by atoms with van der Waals surface area (Å²) in [5, 5.41) is 19.5. The summed E-state index contributed by atoms with van der Waals surface area (Å²) in [5.41, 5.74) is 5.56. The van der Waals surface area contributed by atoms with E-state index in [2.05, 4.69) is 115 Å². The third kappa shape index (κ3) is 4.13. The van der Waals surface area contributed by atoms with Crippen LogP contribution in [0.25, 0.3) is 32.7 Å². The van der Waals surface area contributed by atoms with Gasteiger partial charge >= 0.3 is 0 Å². The molecule has 2 N–H and O–H groups in total. The zero-order chi connectivity index (χ0) is 24.3. The average Bonchev–Trinajstić information content (AvgIpc) is 2.94. The van der Waals surface area contributed by atoms with Gasteiger partial charge in [-0.3, -0.25) is 0 Å². The van der Waals surface area contributed by atoms with Crippen LogP contribution in [0, 0.1) is 0 Å². The first-order valence-corrected chi connectivity index (χ1v) is 12.3. The highest BCUT2D eigenvalue weighted by Crippen LogP contribution is 2.42. The fraction of sp³-hybridized carbons (Fsp3) is 0.0588. The first kappa shape index (κ1) is 22.1. The molecule has 0 aromatic heterocycles. The van der Waals surface area contributed by atoms with Crippen LogP contribution in [0.4, 0.5) is 0 Å². The Morgan fingerprint density at radius 3 is 1.61 bits per heavy atom. The van der Waals surface area contributed by atoms with Gasteiger partial charge in [-0.2, -0.15) is 0 Å². The van der Waals surface area contributed by atoms with Crippen LogP contribution in [0.3, 0.4) is 0 Å². The molecule has 0 saturated carbocycles. The van der Waals surface area contributed by atoms with Gasteiger partial charge in [-0.25, -0.2) is 0 Å². The van der Waals surface area contributed by atoms with E-state index >= 15 is 0 Å². The zero-order valence-corrected chi connectivity index (χ0v) is 19.9. The Morgan fingerprint density at radius 1 is 0.500 bits per heavy atom. The Morgan fingerprint density at radius 2 is 1.00 bits per heavy atom. The topological polar surface area (TPSA) is 32.3 Å². The van der Waals surface area contributed by atoms with E-state index in [1.54, 1.807) is 0 Å². The largest absolute Gasteiger partial charge is 0.507 e. The molecule has 0 spiro atoms. The highest BCUT2D eigenvalue weighted by Gasteiger charge is 2.19. The molecule has 0 radical (unpaired) electrons. The number of benzene rings is 6. The third-order valence-electron chi connectivity index (χ3n) is 6.93. The SMILES string of the molecule is Oc1ccc2ccccc2c1-c1c(CNC(c2ccccc2)c2ccccc2)ccc2ccccc12. The van der Waals surface area contributed by atoms with Crippen molar-refractivity contribution in [3.05, 3.63) is 150 Å². The fourth-order valence-corrected chi connectivity index (χ4v) is 5.21. The van der Waals surface area contributed by atoms with E-state index in [9.17, 15) is 5.11 Å². The Bertz CT molecular complexity index is 1600. The standard InChI is InChI=1S/C34H27NO/c36-31-22-21-25-12-8-10-18-30(25)33(31)32-28(20-19-24-11-7-9-17-29(24)32)23-35-34(26-13-3-1-4-14-26)27-15-5-2-6-16-27/h1-22,34-36H,23H2. The maximum atomic E-state index is 11.2. The van der Waals surface area contributed by atoms with Gasteiger partial charge in [-0.05, 0) is 49.9 Å². The van der Waals surface area contributed by atoms with Crippen LogP contribution in [0.1, 0.15) is 22.7 Å². The van der Waals surface area contributed by atoms with Crippen LogP contribution in [-0.2, 0) is 6.54 Å². The van der Waals surface area contributed by atoms with Crippen LogP contribution in [-0.4, -0.2) is 5.11 Å². The summed E-state index contributed by atoms with van der Waals surface area (Å²) in [4.78, 5) is 0. The van der Waals surface area contributed by atoms with Gasteiger partial charge in [0.15, 0.2) is 0 Å². The lowest BCUT2D eigenvalue weighted by molar-refractivity contribution is 0.478. The second-order valence-electron chi connectivity index (χ2n) is 9.14. The van der Waals surface area contributed by atoms with Crippen molar-refractivity contribution in [2.45, 2.75) is 12.6 Å². The van der Waals surface area contributed by atoms with Gasteiger partial charge in [-0.1, -0.05) is 127 Å². The first-order chi connectivity index (χ1) is 17.8. The van der Waals surface area contributed by atoms with Crippen molar-refractivity contribution >= 4 is 21.5 Å². The summed E-state index contributed by atoms with van der Waals surface area (Å²) >= 11 is 0. The molecule has 0 aliphatic heterocycles. The maximum Gasteiger partial charge on any atom is 0.124 e. The lowest BCUT2D eigenvalue weighted by Crippen LogP contribution is -2.22. The molecule has 0 unspecified atom stereocenters. The Hall–Kier alpha value is -4.40. The predicted octanol–water partition coefficient (Wildman–Crippen LogP) is 8.24. The van der Waals surface area contributed by atoms with Crippen LogP contribution in [0.2, 0.25) is 0 Å². The molecule has 0 saturated heterocycles. The number of hydrogen-bond donors (Lipinski definition) is 2. The second kappa shape index (κ2) is 9.69. The van der Waals surface area contributed by atoms with E-state index in [4.69, 9.17) is 0 Å². The molecule has 0 atom stereocenters. The number of hydrogen-bond acceptors (Lipinski definition) is 2. The van der Waals surface area contributed by atoms with E-state index in [1.807, 2.05) is 24.3 Å². The molecule has 0 aliphatic carbocycles. The molecule has 0 bridgehead atoms. The van der Waals surface area contributed by atoms with E-state index in [-0.39, 0.29) is 6.04 Å². The summed E-state index contributed by atoms with van der Waals surface area (Å²) < 4.78 is 0. The fourth-order valence-electron chi connectivity index (χ4n) is 5.21. The smallest absolute Gasteiger partial charge is 0.124 e. The Kier molecular flexibility index (Phi) is 5.95. The molecule has 0 fully saturated rings. The number of aromatic hydroxyl groups is 1. The molecule has 36 heavy (non-hydrogen) atoms. The number of rotatable bonds is 6. The average molecular weight is 466 g/mol. The normalized spacial score (nSPS) is 11.4. The number of fused-ring (bicyclic) bond motifs is 2. The molecule has 2 heteroatoms. The molecule has 6 rings (SSSR count). The second-order valence-corrected chi connectivity index (χ2v) is 9.14. The van der Waals surface area contributed by atoms with Crippen molar-refractivity contribution in [1.82, 2.24) is 5.32 Å². The lowest BCUT2D eigenvalue weighted by atomic mass is 9.89. The van der Waals surface area contributed by atoms with E-state index in [0.717, 1.165) is 38.2 Å². The molecule has 6 aromatic carbocycles. The zero-order valence-electron chi connectivity index (χ0n) is 19.9. The van der Waals surface area contributed by atoms with Crippen LogP contribution in [0.5, 0.6) is 5.75 Å². The molecule has 6 aromatic rings. The van der Waals surface area contributed by atoms with Gasteiger partial charge in [0.05, 0.1) is 6.04 Å². The molecule has 174 valence electrons. The molecule has 0 heterocycles. The van der Waals surface area contributed by atoms with Gasteiger partial charge in [0.1, 0.15) is 5.75 Å². The van der Waals surface area contributed by atoms with E-state index in [0.29, 0.717) is 12.3 Å². The summed E-state index contributed by atoms with van der Waals surface area (Å²) in [6, 6.07) is 46.0. The van der Waals surface area contributed by atoms with Gasteiger partial charge < -0.3 is 10.4 Å². The summed E-state index contributed by atoms with van der Waals surface area (Å²) in [7, 11) is 0. The van der Waals surface area contributed by atoms with E-state index < -0.39 is 0 Å². The van der Waals surface area contributed by atoms with Crippen molar-refractivity contribution in [3.63, 3.8) is 0 Å². The van der Waals surface area contributed by atoms with Gasteiger partial charge in [0, 0.05) is 12.1 Å². The molecule has 2 nitrogen and oxygen atoms in total. The van der Waals surface area contributed by atoms with Crippen molar-refractivity contribution < 1.29 is 5.11 Å². The minimum Gasteiger partial charge on any atom is -0.507 e. The summed E-state index contributed by atoms with van der Waals surface area (Å²) in [6.45, 7) is 0.650. The van der Waals surface area contributed by atoms with Gasteiger partial charge in [0.25, 0.3) is 0 Å². The van der Waals surface area contributed by atoms with Crippen molar-refractivity contribution in [1.29, 1.82) is 0 Å². The maximum absolute atomic E-state index is 11.2. The quantitative estimate of drug-likeness (QED) is 0.260. The van der Waals surface area contributed by atoms with Crippen molar-refractivity contribution in [2.75, 3.05) is 0 Å². The molecule has 0 amide bonds. The van der Waals surface area contributed by atoms with E-state index in [1.165, 1.54) is 11.1 Å². The molecular weight excluding hydrogens is 438 g/mol.